The molecule has 9 heteroatoms. The van der Waals surface area contributed by atoms with Gasteiger partial charge in [-0.2, -0.15) is 0 Å². The molecule has 0 radical (unpaired) electrons. The molecule has 0 bridgehead atoms. The molecule has 0 heterocycles. The van der Waals surface area contributed by atoms with Crippen LogP contribution in [0.3, 0.4) is 0 Å². The van der Waals surface area contributed by atoms with E-state index >= 15 is 0 Å². The minimum absolute atomic E-state index is 0.0402. The standard InChI is InChI=1S/C16H24ClNO2S.C10H21NO2S/c1-15(2,3)12-16(4,5)18-21(19,20)11-10-13-8-6-7-9-14(13)17;1-7-14(12,13)11-10(5,6)8-9(2,3)4/h6-11,18H,12H2,1-5H3;7,11H,1,8H2,2-6H3/b11-10+;. The van der Waals surface area contributed by atoms with Crippen LogP contribution < -0.4 is 9.44 Å². The Bertz CT molecular complexity index is 1080. The fourth-order valence-corrected chi connectivity index (χ4v) is 6.70. The molecule has 0 aliphatic heterocycles. The van der Waals surface area contributed by atoms with Crippen LogP contribution in [0.4, 0.5) is 0 Å². The molecule has 0 amide bonds. The highest BCUT2D eigenvalue weighted by molar-refractivity contribution is 7.92. The number of hydrogen-bond acceptors (Lipinski definition) is 4. The topological polar surface area (TPSA) is 92.3 Å². The summed E-state index contributed by atoms with van der Waals surface area (Å²) in [5, 5.41) is 2.63. The third-order valence-electron chi connectivity index (χ3n) is 4.33. The van der Waals surface area contributed by atoms with Crippen molar-refractivity contribution in [1.82, 2.24) is 9.44 Å². The first kappa shape index (κ1) is 33.8. The molecule has 0 fully saturated rings. The molecule has 202 valence electrons. The maximum absolute atomic E-state index is 12.2. The van der Waals surface area contributed by atoms with Gasteiger partial charge in [-0.3, -0.25) is 0 Å². The van der Waals surface area contributed by atoms with Crippen molar-refractivity contribution in [3.8, 4) is 0 Å². The lowest BCUT2D eigenvalue weighted by molar-refractivity contribution is 0.269. The number of sulfonamides is 2. The summed E-state index contributed by atoms with van der Waals surface area (Å²) in [4.78, 5) is 0. The Hall–Kier alpha value is -1.19. The van der Waals surface area contributed by atoms with Gasteiger partial charge < -0.3 is 0 Å². The molecule has 0 aliphatic rings. The lowest BCUT2D eigenvalue weighted by Gasteiger charge is -2.32. The van der Waals surface area contributed by atoms with Gasteiger partial charge in [0.15, 0.2) is 0 Å². The van der Waals surface area contributed by atoms with Gasteiger partial charge in [0.2, 0.25) is 20.0 Å². The van der Waals surface area contributed by atoms with Crippen LogP contribution in [-0.2, 0) is 20.0 Å². The highest BCUT2D eigenvalue weighted by Gasteiger charge is 2.29. The van der Waals surface area contributed by atoms with E-state index in [2.05, 4.69) is 57.6 Å². The molecule has 1 rings (SSSR count). The zero-order valence-corrected chi connectivity index (χ0v) is 25.4. The number of rotatable bonds is 9. The average Bonchev–Trinajstić information content (AvgIpc) is 2.55. The Morgan fingerprint density at radius 2 is 1.17 bits per heavy atom. The van der Waals surface area contributed by atoms with Crippen LogP contribution in [0, 0.1) is 10.8 Å². The predicted octanol–water partition coefficient (Wildman–Crippen LogP) is 6.71. The molecule has 0 saturated carbocycles. The van der Waals surface area contributed by atoms with Gasteiger partial charge in [-0.25, -0.2) is 26.3 Å². The minimum atomic E-state index is -3.52. The zero-order chi connectivity index (χ0) is 27.9. The van der Waals surface area contributed by atoms with E-state index in [4.69, 9.17) is 11.6 Å². The highest BCUT2D eigenvalue weighted by atomic mass is 35.5. The van der Waals surface area contributed by atoms with E-state index in [0.29, 0.717) is 10.6 Å². The smallest absolute Gasteiger partial charge is 0.208 e. The van der Waals surface area contributed by atoms with Gasteiger partial charge in [0.05, 0.1) is 0 Å². The fraction of sp³-hybridized carbons (Fsp3) is 0.615. The van der Waals surface area contributed by atoms with Crippen molar-refractivity contribution in [2.45, 2.75) is 93.2 Å². The summed E-state index contributed by atoms with van der Waals surface area (Å²) in [5.41, 5.74) is -0.142. The summed E-state index contributed by atoms with van der Waals surface area (Å²) >= 11 is 6.01. The van der Waals surface area contributed by atoms with Crippen LogP contribution >= 0.6 is 11.6 Å². The predicted molar refractivity (Wildman–Crippen MR) is 151 cm³/mol. The normalized spacial score (nSPS) is 13.9. The van der Waals surface area contributed by atoms with E-state index in [9.17, 15) is 16.8 Å². The van der Waals surface area contributed by atoms with Crippen LogP contribution in [0.25, 0.3) is 6.08 Å². The van der Waals surface area contributed by atoms with Crippen molar-refractivity contribution in [3.05, 3.63) is 52.2 Å². The SMILES string of the molecule is C=CS(=O)(=O)NC(C)(C)CC(C)(C)C.CC(C)(C)CC(C)(C)NS(=O)(=O)/C=C/c1ccccc1Cl. The van der Waals surface area contributed by atoms with Gasteiger partial charge in [0.1, 0.15) is 0 Å². The Balaban J connectivity index is 0.000000720. The summed E-state index contributed by atoms with van der Waals surface area (Å²) < 4.78 is 52.2. The quantitative estimate of drug-likeness (QED) is 0.358. The fourth-order valence-electron chi connectivity index (χ4n) is 4.34. The maximum Gasteiger partial charge on any atom is 0.234 e. The molecule has 0 unspecified atom stereocenters. The van der Waals surface area contributed by atoms with E-state index in [1.807, 2.05) is 33.8 Å². The molecule has 0 aliphatic carbocycles. The first-order chi connectivity index (χ1) is 15.4. The van der Waals surface area contributed by atoms with Gasteiger partial charge in [-0.05, 0) is 69.1 Å². The maximum atomic E-state index is 12.2. The summed E-state index contributed by atoms with van der Waals surface area (Å²) in [7, 11) is -6.85. The van der Waals surface area contributed by atoms with Crippen LogP contribution in [0.5, 0.6) is 0 Å². The van der Waals surface area contributed by atoms with E-state index in [1.165, 1.54) is 11.5 Å². The molecule has 1 aromatic carbocycles. The van der Waals surface area contributed by atoms with Crippen molar-refractivity contribution in [2.24, 2.45) is 10.8 Å². The average molecular weight is 549 g/mol. The molecule has 2 N–H and O–H groups in total. The first-order valence-electron chi connectivity index (χ1n) is 11.5. The van der Waals surface area contributed by atoms with Crippen LogP contribution in [0.2, 0.25) is 5.02 Å². The van der Waals surface area contributed by atoms with Crippen molar-refractivity contribution in [3.63, 3.8) is 0 Å². The van der Waals surface area contributed by atoms with Gasteiger partial charge in [-0.15, -0.1) is 0 Å². The second-order valence-corrected chi connectivity index (χ2v) is 16.1. The summed E-state index contributed by atoms with van der Waals surface area (Å²) in [6.45, 7) is 23.3. The Morgan fingerprint density at radius 3 is 1.54 bits per heavy atom. The molecular weight excluding hydrogens is 504 g/mol. The van der Waals surface area contributed by atoms with E-state index in [0.717, 1.165) is 18.2 Å². The van der Waals surface area contributed by atoms with Crippen LogP contribution in [-0.4, -0.2) is 27.9 Å². The van der Waals surface area contributed by atoms with Crippen molar-refractivity contribution in [2.75, 3.05) is 0 Å². The molecule has 35 heavy (non-hydrogen) atoms. The molecule has 0 atom stereocenters. The largest absolute Gasteiger partial charge is 0.234 e. The number of halogens is 1. The Labute approximate surface area is 219 Å². The van der Waals surface area contributed by atoms with Crippen molar-refractivity contribution < 1.29 is 16.8 Å². The third-order valence-corrected chi connectivity index (χ3v) is 7.28. The summed E-state index contributed by atoms with van der Waals surface area (Å²) in [5.74, 6) is 0. The molecule has 1 aromatic rings. The summed E-state index contributed by atoms with van der Waals surface area (Å²) in [6, 6.07) is 7.12. The highest BCUT2D eigenvalue weighted by Crippen LogP contribution is 2.28. The van der Waals surface area contributed by atoms with Gasteiger partial charge in [0.25, 0.3) is 0 Å². The third kappa shape index (κ3) is 17.0. The zero-order valence-electron chi connectivity index (χ0n) is 23.0. The van der Waals surface area contributed by atoms with Crippen molar-refractivity contribution in [1.29, 1.82) is 0 Å². The van der Waals surface area contributed by atoms with E-state index in [1.54, 1.807) is 18.2 Å². The Kier molecular flexibility index (Phi) is 11.9. The molecule has 0 spiro atoms. The second-order valence-electron chi connectivity index (χ2n) is 12.5. The molecule has 0 saturated heterocycles. The summed E-state index contributed by atoms with van der Waals surface area (Å²) in [6.07, 6.45) is 3.02. The van der Waals surface area contributed by atoms with E-state index in [-0.39, 0.29) is 10.8 Å². The minimum Gasteiger partial charge on any atom is -0.208 e. The Morgan fingerprint density at radius 1 is 0.771 bits per heavy atom. The van der Waals surface area contributed by atoms with Crippen LogP contribution in [0.15, 0.2) is 41.7 Å². The van der Waals surface area contributed by atoms with Gasteiger partial charge >= 0.3 is 0 Å². The monoisotopic (exact) mass is 548 g/mol. The van der Waals surface area contributed by atoms with Crippen molar-refractivity contribution >= 4 is 37.7 Å². The number of benzene rings is 1. The first-order valence-corrected chi connectivity index (χ1v) is 15.0. The van der Waals surface area contributed by atoms with Gasteiger partial charge in [0, 0.05) is 26.9 Å². The molecule has 6 nitrogen and oxygen atoms in total. The number of hydrogen-bond donors (Lipinski definition) is 2. The lowest BCUT2D eigenvalue weighted by atomic mass is 9.82. The number of nitrogens with one attached hydrogen (secondary N) is 2. The molecule has 0 aromatic heterocycles. The second kappa shape index (κ2) is 12.4. The van der Waals surface area contributed by atoms with Crippen LogP contribution in [0.1, 0.15) is 87.6 Å². The lowest BCUT2D eigenvalue weighted by Crippen LogP contribution is -2.44. The molecular formula is C26H45ClN2O4S2. The van der Waals surface area contributed by atoms with Gasteiger partial charge in [-0.1, -0.05) is 77.9 Å². The van der Waals surface area contributed by atoms with E-state index < -0.39 is 31.1 Å².